The third-order valence-corrected chi connectivity index (χ3v) is 4.50. The lowest BCUT2D eigenvalue weighted by Gasteiger charge is -2.05. The van der Waals surface area contributed by atoms with E-state index in [1.165, 1.54) is 24.3 Å². The molecule has 0 N–H and O–H groups in total. The summed E-state index contributed by atoms with van der Waals surface area (Å²) in [6.45, 7) is 0. The minimum absolute atomic E-state index is 0.173. The minimum Gasteiger partial charge on any atom is -0.258 e. The number of nitro benzene ring substituents is 2. The van der Waals surface area contributed by atoms with E-state index in [0.717, 1.165) is 18.2 Å². The molecule has 0 aliphatic carbocycles. The van der Waals surface area contributed by atoms with Crippen LogP contribution in [0.15, 0.2) is 58.3 Å². The molecule has 0 amide bonds. The van der Waals surface area contributed by atoms with Crippen LogP contribution in [0.3, 0.4) is 0 Å². The average Bonchev–Trinajstić information content (AvgIpc) is 2.47. The molecule has 0 bridgehead atoms. The van der Waals surface area contributed by atoms with Crippen LogP contribution in [0.5, 0.6) is 0 Å². The smallest absolute Gasteiger partial charge is 0.258 e. The number of para-hydroxylation sites is 1. The van der Waals surface area contributed by atoms with E-state index < -0.39 is 36.0 Å². The summed E-state index contributed by atoms with van der Waals surface area (Å²) in [6.07, 6.45) is 0. The van der Waals surface area contributed by atoms with Gasteiger partial charge in [0.25, 0.3) is 0 Å². The Morgan fingerprint density at radius 3 is 1.95 bits per heavy atom. The second-order valence-electron chi connectivity index (χ2n) is 3.95. The van der Waals surface area contributed by atoms with Crippen molar-refractivity contribution < 1.29 is 18.3 Å². The van der Waals surface area contributed by atoms with Crippen molar-refractivity contribution in [2.45, 2.75) is 9.79 Å². The molecule has 0 aromatic heterocycles. The highest BCUT2D eigenvalue weighted by atomic mass is 32.2. The zero-order valence-electron chi connectivity index (χ0n) is 10.4. The van der Waals surface area contributed by atoms with Gasteiger partial charge in [0.05, 0.1) is 14.7 Å². The van der Waals surface area contributed by atoms with Gasteiger partial charge in [0.2, 0.25) is 9.84 Å². The van der Waals surface area contributed by atoms with Crippen molar-refractivity contribution >= 4 is 21.2 Å². The van der Waals surface area contributed by atoms with Crippen LogP contribution in [0.25, 0.3) is 0 Å². The molecule has 0 fully saturated rings. The highest BCUT2D eigenvalue weighted by molar-refractivity contribution is 7.91. The SMILES string of the molecule is O=[N+]([O-])c1cccc(S(=O)(=O)c2ccccc2)c1[N+](=O)[O-]. The zero-order chi connectivity index (χ0) is 15.6. The summed E-state index contributed by atoms with van der Waals surface area (Å²) < 4.78 is 24.8. The molecule has 8 nitrogen and oxygen atoms in total. The molecule has 0 saturated carbocycles. The fraction of sp³-hybridized carbons (Fsp3) is 0. The maximum atomic E-state index is 12.4. The van der Waals surface area contributed by atoms with Gasteiger partial charge in [-0.1, -0.05) is 24.3 Å². The third-order valence-electron chi connectivity index (χ3n) is 2.70. The summed E-state index contributed by atoms with van der Waals surface area (Å²) in [5.41, 5.74) is -1.90. The van der Waals surface area contributed by atoms with Gasteiger partial charge in [0.15, 0.2) is 4.90 Å². The standard InChI is InChI=1S/C12H8N2O6S/c15-13(16)10-7-4-8-11(12(10)14(17)18)21(19,20)9-5-2-1-3-6-9/h1-8H. The third kappa shape index (κ3) is 2.58. The van der Waals surface area contributed by atoms with Gasteiger partial charge >= 0.3 is 11.4 Å². The van der Waals surface area contributed by atoms with Crippen molar-refractivity contribution in [3.63, 3.8) is 0 Å². The summed E-state index contributed by atoms with van der Waals surface area (Å²) in [6, 6.07) is 9.99. The van der Waals surface area contributed by atoms with Crippen LogP contribution in [0.1, 0.15) is 0 Å². The number of nitrogens with zero attached hydrogens (tertiary/aromatic N) is 2. The predicted molar refractivity (Wildman–Crippen MR) is 71.6 cm³/mol. The summed E-state index contributed by atoms with van der Waals surface area (Å²) in [5, 5.41) is 21.9. The van der Waals surface area contributed by atoms with Crippen LogP contribution >= 0.6 is 0 Å². The second kappa shape index (κ2) is 5.29. The molecule has 0 atom stereocenters. The van der Waals surface area contributed by atoms with Crippen molar-refractivity contribution in [2.24, 2.45) is 0 Å². The largest absolute Gasteiger partial charge is 0.364 e. The number of rotatable bonds is 4. The van der Waals surface area contributed by atoms with E-state index in [1.807, 2.05) is 0 Å². The molecule has 21 heavy (non-hydrogen) atoms. The Morgan fingerprint density at radius 1 is 0.810 bits per heavy atom. The van der Waals surface area contributed by atoms with Crippen LogP contribution in [-0.4, -0.2) is 18.3 Å². The van der Waals surface area contributed by atoms with E-state index in [4.69, 9.17) is 0 Å². The molecular formula is C12H8N2O6S. The molecule has 0 spiro atoms. The molecule has 2 rings (SSSR count). The quantitative estimate of drug-likeness (QED) is 0.631. The minimum atomic E-state index is -4.22. The van der Waals surface area contributed by atoms with Gasteiger partial charge in [-0.05, 0) is 18.2 Å². The maximum Gasteiger partial charge on any atom is 0.364 e. The fourth-order valence-electron chi connectivity index (χ4n) is 1.79. The van der Waals surface area contributed by atoms with Crippen molar-refractivity contribution in [1.29, 1.82) is 0 Å². The van der Waals surface area contributed by atoms with Gasteiger partial charge in [-0.3, -0.25) is 20.2 Å². The lowest BCUT2D eigenvalue weighted by atomic mass is 10.3. The first-order valence-corrected chi connectivity index (χ1v) is 7.06. The van der Waals surface area contributed by atoms with Crippen LogP contribution in [-0.2, 0) is 9.84 Å². The molecular weight excluding hydrogens is 300 g/mol. The molecule has 0 aliphatic heterocycles. The van der Waals surface area contributed by atoms with E-state index in [9.17, 15) is 28.6 Å². The average molecular weight is 308 g/mol. The summed E-state index contributed by atoms with van der Waals surface area (Å²) in [7, 11) is -4.22. The second-order valence-corrected chi connectivity index (χ2v) is 5.87. The Morgan fingerprint density at radius 2 is 1.43 bits per heavy atom. The Balaban J connectivity index is 2.79. The van der Waals surface area contributed by atoms with Crippen molar-refractivity contribution in [3.05, 3.63) is 68.8 Å². The van der Waals surface area contributed by atoms with Crippen LogP contribution in [0.4, 0.5) is 11.4 Å². The van der Waals surface area contributed by atoms with E-state index in [0.29, 0.717) is 0 Å². The van der Waals surface area contributed by atoms with Crippen LogP contribution in [0, 0.1) is 20.2 Å². The van der Waals surface area contributed by atoms with Crippen molar-refractivity contribution in [2.75, 3.05) is 0 Å². The number of nitro groups is 2. The highest BCUT2D eigenvalue weighted by Gasteiger charge is 2.35. The molecule has 9 heteroatoms. The van der Waals surface area contributed by atoms with Crippen LogP contribution in [0.2, 0.25) is 0 Å². The van der Waals surface area contributed by atoms with Crippen molar-refractivity contribution in [1.82, 2.24) is 0 Å². The molecule has 108 valence electrons. The highest BCUT2D eigenvalue weighted by Crippen LogP contribution is 2.36. The molecule has 0 radical (unpaired) electrons. The molecule has 0 aliphatic rings. The molecule has 2 aromatic carbocycles. The van der Waals surface area contributed by atoms with Gasteiger partial charge in [-0.25, -0.2) is 8.42 Å². The number of benzene rings is 2. The monoisotopic (exact) mass is 308 g/mol. The van der Waals surface area contributed by atoms with E-state index in [2.05, 4.69) is 0 Å². The molecule has 0 saturated heterocycles. The van der Waals surface area contributed by atoms with Gasteiger partial charge in [-0.2, -0.15) is 0 Å². The first-order chi connectivity index (χ1) is 9.85. The number of hydrogen-bond acceptors (Lipinski definition) is 6. The molecule has 0 heterocycles. The molecule has 2 aromatic rings. The Hall–Kier alpha value is -2.81. The van der Waals surface area contributed by atoms with E-state index in [1.54, 1.807) is 6.07 Å². The topological polar surface area (TPSA) is 120 Å². The van der Waals surface area contributed by atoms with Crippen LogP contribution < -0.4 is 0 Å². The van der Waals surface area contributed by atoms with E-state index in [-0.39, 0.29) is 4.90 Å². The van der Waals surface area contributed by atoms with E-state index >= 15 is 0 Å². The van der Waals surface area contributed by atoms with Gasteiger partial charge < -0.3 is 0 Å². The fourth-order valence-corrected chi connectivity index (χ4v) is 3.25. The Labute approximate surface area is 118 Å². The first-order valence-electron chi connectivity index (χ1n) is 5.57. The summed E-state index contributed by atoms with van der Waals surface area (Å²) in [5.74, 6) is 0. The maximum absolute atomic E-state index is 12.4. The zero-order valence-corrected chi connectivity index (χ0v) is 11.2. The van der Waals surface area contributed by atoms with Gasteiger partial charge in [0, 0.05) is 6.07 Å². The summed E-state index contributed by atoms with van der Waals surface area (Å²) >= 11 is 0. The normalized spacial score (nSPS) is 11.0. The number of sulfone groups is 1. The molecule has 0 unspecified atom stereocenters. The summed E-state index contributed by atoms with van der Waals surface area (Å²) in [4.78, 5) is 19.0. The Bertz CT molecular complexity index is 817. The lowest BCUT2D eigenvalue weighted by molar-refractivity contribution is -0.424. The van der Waals surface area contributed by atoms with Crippen molar-refractivity contribution in [3.8, 4) is 0 Å². The lowest BCUT2D eigenvalue weighted by Crippen LogP contribution is -2.07. The van der Waals surface area contributed by atoms with Gasteiger partial charge in [0.1, 0.15) is 0 Å². The van der Waals surface area contributed by atoms with Gasteiger partial charge in [-0.15, -0.1) is 0 Å². The Kier molecular flexibility index (Phi) is 3.68. The number of hydrogen-bond donors (Lipinski definition) is 0. The first kappa shape index (κ1) is 14.6. The predicted octanol–water partition coefficient (Wildman–Crippen LogP) is 2.34.